The highest BCUT2D eigenvalue weighted by Gasteiger charge is 2.35. The third kappa shape index (κ3) is 4.00. The van der Waals surface area contributed by atoms with Crippen LogP contribution < -0.4 is 5.32 Å². The second-order valence-electron chi connectivity index (χ2n) is 6.52. The number of rotatable bonds is 6. The number of imide groups is 1. The number of fused-ring (bicyclic) bond motifs is 1. The van der Waals surface area contributed by atoms with E-state index >= 15 is 0 Å². The van der Waals surface area contributed by atoms with E-state index in [1.54, 1.807) is 0 Å². The molecule has 0 bridgehead atoms. The van der Waals surface area contributed by atoms with Gasteiger partial charge in [0, 0.05) is 12.1 Å². The number of methoxy groups -OCH3 is 1. The number of hydrogen-bond acceptors (Lipinski definition) is 5. The van der Waals surface area contributed by atoms with Crippen LogP contribution in [0.15, 0.2) is 36.4 Å². The molecule has 1 heterocycles. The molecule has 2 aromatic rings. The standard InChI is InChI=1S/C21H19ClN2O5/c1-3-4-9-24-19(26)14-7-5-12(10-15(14)20(24)27)18(25)23-17-11-13(21(28)29-2)6-8-16(17)22/h5-8,10-11H,3-4,9H2,1-2H3,(H,23,25). The number of carbonyl (C=O) groups excluding carboxylic acids is 4. The number of ether oxygens (including phenoxy) is 1. The predicted molar refractivity (Wildman–Crippen MR) is 107 cm³/mol. The van der Waals surface area contributed by atoms with Crippen molar-refractivity contribution in [3.63, 3.8) is 0 Å². The van der Waals surface area contributed by atoms with E-state index in [4.69, 9.17) is 11.6 Å². The van der Waals surface area contributed by atoms with Gasteiger partial charge in [-0.05, 0) is 42.8 Å². The summed E-state index contributed by atoms with van der Waals surface area (Å²) in [5, 5.41) is 2.86. The maximum atomic E-state index is 12.7. The van der Waals surface area contributed by atoms with E-state index < -0.39 is 17.8 Å². The first kappa shape index (κ1) is 20.5. The van der Waals surface area contributed by atoms with E-state index in [2.05, 4.69) is 10.1 Å². The first-order chi connectivity index (χ1) is 13.9. The average molecular weight is 415 g/mol. The minimum absolute atomic E-state index is 0.196. The highest BCUT2D eigenvalue weighted by molar-refractivity contribution is 6.34. The Hall–Kier alpha value is -3.19. The van der Waals surface area contributed by atoms with Gasteiger partial charge in [0.1, 0.15) is 0 Å². The second-order valence-corrected chi connectivity index (χ2v) is 6.92. The Morgan fingerprint density at radius 1 is 1.03 bits per heavy atom. The summed E-state index contributed by atoms with van der Waals surface area (Å²) in [4.78, 5) is 50.5. The lowest BCUT2D eigenvalue weighted by Crippen LogP contribution is -2.30. The maximum absolute atomic E-state index is 12.7. The van der Waals surface area contributed by atoms with Crippen molar-refractivity contribution < 1.29 is 23.9 Å². The van der Waals surface area contributed by atoms with Crippen molar-refractivity contribution in [3.05, 3.63) is 63.7 Å². The van der Waals surface area contributed by atoms with Crippen molar-refractivity contribution in [1.82, 2.24) is 4.90 Å². The topological polar surface area (TPSA) is 92.8 Å². The molecule has 0 aromatic heterocycles. The van der Waals surface area contributed by atoms with Crippen molar-refractivity contribution in [2.45, 2.75) is 19.8 Å². The fraction of sp³-hybridized carbons (Fsp3) is 0.238. The van der Waals surface area contributed by atoms with Crippen molar-refractivity contribution in [3.8, 4) is 0 Å². The molecule has 0 fully saturated rings. The first-order valence-electron chi connectivity index (χ1n) is 9.06. The second kappa shape index (κ2) is 8.45. The molecule has 2 aromatic carbocycles. The smallest absolute Gasteiger partial charge is 0.337 e. The zero-order valence-corrected chi connectivity index (χ0v) is 16.7. The van der Waals surface area contributed by atoms with Crippen LogP contribution in [0.1, 0.15) is 61.2 Å². The molecular weight excluding hydrogens is 396 g/mol. The highest BCUT2D eigenvalue weighted by Crippen LogP contribution is 2.27. The molecule has 8 heteroatoms. The lowest BCUT2D eigenvalue weighted by molar-refractivity contribution is 0.0598. The summed E-state index contributed by atoms with van der Waals surface area (Å²) in [5.74, 6) is -1.84. The number of nitrogens with one attached hydrogen (secondary N) is 1. The Kier molecular flexibility index (Phi) is 5.98. The van der Waals surface area contributed by atoms with Gasteiger partial charge in [0.25, 0.3) is 17.7 Å². The predicted octanol–water partition coefficient (Wildman–Crippen LogP) is 3.78. The van der Waals surface area contributed by atoms with Crippen molar-refractivity contribution >= 4 is 41.0 Å². The molecule has 0 unspecified atom stereocenters. The van der Waals surface area contributed by atoms with Crippen LogP contribution in [-0.4, -0.2) is 42.2 Å². The molecule has 0 aliphatic carbocycles. The molecule has 3 amide bonds. The van der Waals surface area contributed by atoms with Gasteiger partial charge in [-0.2, -0.15) is 0 Å². The van der Waals surface area contributed by atoms with Gasteiger partial charge in [-0.25, -0.2) is 4.79 Å². The number of anilines is 1. The molecule has 1 aliphatic heterocycles. The van der Waals surface area contributed by atoms with Crippen LogP contribution in [-0.2, 0) is 4.74 Å². The number of amides is 3. The normalized spacial score (nSPS) is 12.7. The molecule has 0 spiro atoms. The first-order valence-corrected chi connectivity index (χ1v) is 9.44. The Morgan fingerprint density at radius 3 is 2.41 bits per heavy atom. The number of nitrogens with zero attached hydrogens (tertiary/aromatic N) is 1. The summed E-state index contributed by atoms with van der Waals surface area (Å²) in [5.41, 5.74) is 1.14. The minimum Gasteiger partial charge on any atom is -0.465 e. The van der Waals surface area contributed by atoms with Gasteiger partial charge in [0.05, 0.1) is 34.5 Å². The van der Waals surface area contributed by atoms with Gasteiger partial charge in [-0.3, -0.25) is 19.3 Å². The van der Waals surface area contributed by atoms with Gasteiger partial charge < -0.3 is 10.1 Å². The molecule has 29 heavy (non-hydrogen) atoms. The lowest BCUT2D eigenvalue weighted by Gasteiger charge is -2.12. The fourth-order valence-corrected chi connectivity index (χ4v) is 3.18. The zero-order chi connectivity index (χ0) is 21.1. The minimum atomic E-state index is -0.564. The van der Waals surface area contributed by atoms with Crippen LogP contribution in [0.2, 0.25) is 5.02 Å². The Bertz CT molecular complexity index is 1020. The molecule has 7 nitrogen and oxygen atoms in total. The quantitative estimate of drug-likeness (QED) is 0.573. The van der Waals surface area contributed by atoms with Crippen LogP contribution in [0, 0.1) is 0 Å². The molecular formula is C21H19ClN2O5. The molecule has 150 valence electrons. The van der Waals surface area contributed by atoms with Crippen LogP contribution in [0.5, 0.6) is 0 Å². The zero-order valence-electron chi connectivity index (χ0n) is 16.0. The summed E-state index contributed by atoms with van der Waals surface area (Å²) in [6, 6.07) is 8.70. The maximum Gasteiger partial charge on any atom is 0.337 e. The van der Waals surface area contributed by atoms with Crippen LogP contribution in [0.25, 0.3) is 0 Å². The fourth-order valence-electron chi connectivity index (χ4n) is 3.01. The lowest BCUT2D eigenvalue weighted by atomic mass is 10.1. The SMILES string of the molecule is CCCCN1C(=O)c2ccc(C(=O)Nc3cc(C(=O)OC)ccc3Cl)cc2C1=O. The molecule has 1 aliphatic rings. The largest absolute Gasteiger partial charge is 0.465 e. The Balaban J connectivity index is 1.84. The van der Waals surface area contributed by atoms with Crippen LogP contribution in [0.3, 0.4) is 0 Å². The molecule has 0 saturated heterocycles. The van der Waals surface area contributed by atoms with Crippen LogP contribution >= 0.6 is 11.6 Å². The van der Waals surface area contributed by atoms with E-state index in [1.807, 2.05) is 6.92 Å². The summed E-state index contributed by atoms with van der Waals surface area (Å²) in [6.45, 7) is 2.32. The van der Waals surface area contributed by atoms with E-state index in [0.29, 0.717) is 13.0 Å². The van der Waals surface area contributed by atoms with Gasteiger partial charge in [-0.1, -0.05) is 24.9 Å². The van der Waals surface area contributed by atoms with E-state index in [1.165, 1.54) is 48.4 Å². The number of benzene rings is 2. The van der Waals surface area contributed by atoms with Gasteiger partial charge >= 0.3 is 5.97 Å². The Morgan fingerprint density at radius 2 is 1.72 bits per heavy atom. The summed E-state index contributed by atoms with van der Waals surface area (Å²) < 4.78 is 4.66. The summed E-state index contributed by atoms with van der Waals surface area (Å²) >= 11 is 6.11. The molecule has 1 N–H and O–H groups in total. The van der Waals surface area contributed by atoms with Gasteiger partial charge in [-0.15, -0.1) is 0 Å². The summed E-state index contributed by atoms with van der Waals surface area (Å²) in [7, 11) is 1.25. The molecule has 0 saturated carbocycles. The third-order valence-electron chi connectivity index (χ3n) is 4.60. The van der Waals surface area contributed by atoms with E-state index in [9.17, 15) is 19.2 Å². The Labute approximate surface area is 172 Å². The number of halogens is 1. The van der Waals surface area contributed by atoms with Crippen LogP contribution in [0.4, 0.5) is 5.69 Å². The molecule has 3 rings (SSSR count). The number of unbranched alkanes of at least 4 members (excludes halogenated alkanes) is 1. The highest BCUT2D eigenvalue weighted by atomic mass is 35.5. The van der Waals surface area contributed by atoms with Crippen molar-refractivity contribution in [1.29, 1.82) is 0 Å². The van der Waals surface area contributed by atoms with Crippen molar-refractivity contribution in [2.24, 2.45) is 0 Å². The average Bonchev–Trinajstić information content (AvgIpc) is 2.96. The number of esters is 1. The van der Waals surface area contributed by atoms with E-state index in [-0.39, 0.29) is 38.9 Å². The van der Waals surface area contributed by atoms with Gasteiger partial charge in [0.2, 0.25) is 0 Å². The number of hydrogen-bond donors (Lipinski definition) is 1. The van der Waals surface area contributed by atoms with Gasteiger partial charge in [0.15, 0.2) is 0 Å². The third-order valence-corrected chi connectivity index (χ3v) is 4.93. The molecule has 0 radical (unpaired) electrons. The van der Waals surface area contributed by atoms with E-state index in [0.717, 1.165) is 6.42 Å². The number of carbonyl (C=O) groups is 4. The summed E-state index contributed by atoms with van der Waals surface area (Å²) in [6.07, 6.45) is 1.57. The monoisotopic (exact) mass is 414 g/mol. The van der Waals surface area contributed by atoms with Crippen molar-refractivity contribution in [2.75, 3.05) is 19.0 Å². The molecule has 0 atom stereocenters.